The molecule has 9 heteroatoms. The van der Waals surface area contributed by atoms with Crippen LogP contribution in [0.1, 0.15) is 0 Å². The lowest BCUT2D eigenvalue weighted by molar-refractivity contribution is -0.142. The van der Waals surface area contributed by atoms with Crippen LogP contribution in [-0.2, 0) is 19.6 Å². The summed E-state index contributed by atoms with van der Waals surface area (Å²) in [4.78, 5) is 14.7. The zero-order chi connectivity index (χ0) is 14.9. The maximum atomic E-state index is 12.5. The van der Waals surface area contributed by atoms with Crippen molar-refractivity contribution in [3.05, 3.63) is 23.5 Å². The van der Waals surface area contributed by atoms with Gasteiger partial charge in [0.05, 0.1) is 25.2 Å². The largest absolute Gasteiger partial charge is 0.481 e. The van der Waals surface area contributed by atoms with Crippen LogP contribution in [-0.4, -0.2) is 55.1 Å². The van der Waals surface area contributed by atoms with E-state index >= 15 is 0 Å². The molecule has 1 aromatic heterocycles. The summed E-state index contributed by atoms with van der Waals surface area (Å²) >= 11 is 5.79. The van der Waals surface area contributed by atoms with E-state index in [-0.39, 0.29) is 23.3 Å². The molecule has 1 aliphatic heterocycles. The van der Waals surface area contributed by atoms with E-state index in [2.05, 4.69) is 4.98 Å². The first kappa shape index (κ1) is 15.2. The van der Waals surface area contributed by atoms with Crippen molar-refractivity contribution in [1.29, 1.82) is 0 Å². The molecule has 0 amide bonds. The maximum absolute atomic E-state index is 12.5. The minimum atomic E-state index is -3.92. The Morgan fingerprint density at radius 1 is 1.55 bits per heavy atom. The van der Waals surface area contributed by atoms with Crippen LogP contribution in [0.25, 0.3) is 0 Å². The van der Waals surface area contributed by atoms with Crippen molar-refractivity contribution >= 4 is 27.6 Å². The fraction of sp³-hybridized carbons (Fsp3) is 0.455. The second-order valence-corrected chi connectivity index (χ2v) is 6.69. The Hall–Kier alpha value is -1.22. The molecule has 1 aromatic rings. The van der Waals surface area contributed by atoms with Crippen molar-refractivity contribution in [2.45, 2.75) is 10.9 Å². The molecule has 1 saturated heterocycles. The minimum Gasteiger partial charge on any atom is -0.481 e. The maximum Gasteiger partial charge on any atom is 0.310 e. The van der Waals surface area contributed by atoms with Crippen LogP contribution < -0.4 is 0 Å². The topological polar surface area (TPSA) is 96.8 Å². The molecule has 20 heavy (non-hydrogen) atoms. The van der Waals surface area contributed by atoms with Gasteiger partial charge >= 0.3 is 5.97 Å². The lowest BCUT2D eigenvalue weighted by Crippen LogP contribution is -2.44. The third-order valence-corrected chi connectivity index (χ3v) is 5.54. The average molecular weight is 321 g/mol. The number of carboxylic acid groups (broad SMARTS) is 1. The lowest BCUT2D eigenvalue weighted by Gasteiger charge is -2.25. The number of nitrogens with zero attached hydrogens (tertiary/aromatic N) is 2. The second kappa shape index (κ2) is 5.65. The Morgan fingerprint density at radius 2 is 2.25 bits per heavy atom. The number of hydrogen-bond acceptors (Lipinski definition) is 5. The normalized spacial score (nSPS) is 23.1. The zero-order valence-electron chi connectivity index (χ0n) is 10.6. The van der Waals surface area contributed by atoms with Gasteiger partial charge in [-0.3, -0.25) is 4.79 Å². The Morgan fingerprint density at radius 3 is 2.85 bits per heavy atom. The standard InChI is InChI=1S/C11H13ClN2O5S/c1-14(8-6-19-5-7(8)11(15)16)20(17,18)9-3-2-4-13-10(9)12/h2-4,7-8H,5-6H2,1H3,(H,15,16). The van der Waals surface area contributed by atoms with Crippen LogP contribution in [0.15, 0.2) is 23.2 Å². The summed E-state index contributed by atoms with van der Waals surface area (Å²) in [5.74, 6) is -1.99. The minimum absolute atomic E-state index is 0.0133. The molecule has 110 valence electrons. The van der Waals surface area contributed by atoms with Crippen molar-refractivity contribution in [1.82, 2.24) is 9.29 Å². The highest BCUT2D eigenvalue weighted by Gasteiger charge is 2.41. The summed E-state index contributed by atoms with van der Waals surface area (Å²) in [5, 5.41) is 8.94. The monoisotopic (exact) mass is 320 g/mol. The van der Waals surface area contributed by atoms with E-state index in [1.165, 1.54) is 25.4 Å². The van der Waals surface area contributed by atoms with Crippen LogP contribution in [0.4, 0.5) is 0 Å². The molecule has 7 nitrogen and oxygen atoms in total. The molecule has 0 saturated carbocycles. The molecule has 2 heterocycles. The van der Waals surface area contributed by atoms with Crippen LogP contribution in [0.2, 0.25) is 5.15 Å². The predicted molar refractivity (Wildman–Crippen MR) is 69.9 cm³/mol. The number of pyridine rings is 1. The van der Waals surface area contributed by atoms with Gasteiger partial charge in [0.1, 0.15) is 10.0 Å². The molecular weight excluding hydrogens is 308 g/mol. The van der Waals surface area contributed by atoms with Crippen molar-refractivity contribution < 1.29 is 23.1 Å². The van der Waals surface area contributed by atoms with E-state index in [4.69, 9.17) is 21.4 Å². The van der Waals surface area contributed by atoms with Gasteiger partial charge in [-0.25, -0.2) is 13.4 Å². The number of aliphatic carboxylic acids is 1. The molecule has 2 unspecified atom stereocenters. The smallest absolute Gasteiger partial charge is 0.310 e. The van der Waals surface area contributed by atoms with Crippen LogP contribution >= 0.6 is 11.6 Å². The van der Waals surface area contributed by atoms with E-state index < -0.39 is 28.0 Å². The highest BCUT2D eigenvalue weighted by molar-refractivity contribution is 7.89. The van der Waals surface area contributed by atoms with E-state index in [9.17, 15) is 13.2 Å². The summed E-state index contributed by atoms with van der Waals surface area (Å²) in [7, 11) is -2.61. The number of hydrogen-bond donors (Lipinski definition) is 1. The van der Waals surface area contributed by atoms with Gasteiger partial charge in [0, 0.05) is 13.2 Å². The molecular formula is C11H13ClN2O5S. The number of carbonyl (C=O) groups is 1. The first-order valence-electron chi connectivity index (χ1n) is 5.75. The van der Waals surface area contributed by atoms with Crippen LogP contribution in [0.5, 0.6) is 0 Å². The molecule has 1 fully saturated rings. The number of ether oxygens (including phenoxy) is 1. The average Bonchev–Trinajstić information content (AvgIpc) is 2.87. The van der Waals surface area contributed by atoms with E-state index in [0.717, 1.165) is 4.31 Å². The summed E-state index contributed by atoms with van der Waals surface area (Å²) < 4.78 is 31.0. The number of likely N-dealkylation sites (N-methyl/N-ethyl adjacent to an activating group) is 1. The Labute approximate surface area is 121 Å². The molecule has 0 aromatic carbocycles. The first-order chi connectivity index (χ1) is 9.35. The molecule has 1 N–H and O–H groups in total. The summed E-state index contributed by atoms with van der Waals surface area (Å²) in [5.41, 5.74) is 0. The molecule has 0 spiro atoms. The van der Waals surface area contributed by atoms with Gasteiger partial charge in [0.2, 0.25) is 10.0 Å². The SMILES string of the molecule is CN(C1COCC1C(=O)O)S(=O)(=O)c1cccnc1Cl. The van der Waals surface area contributed by atoms with Crippen molar-refractivity contribution in [3.63, 3.8) is 0 Å². The molecule has 2 atom stereocenters. The Bertz CT molecular complexity index is 621. The number of carboxylic acids is 1. The number of rotatable bonds is 4. The zero-order valence-corrected chi connectivity index (χ0v) is 12.1. The summed E-state index contributed by atoms with van der Waals surface area (Å²) in [6, 6.07) is 2.01. The van der Waals surface area contributed by atoms with E-state index in [1.54, 1.807) is 0 Å². The van der Waals surface area contributed by atoms with E-state index in [1.807, 2.05) is 0 Å². The van der Waals surface area contributed by atoms with Crippen molar-refractivity contribution in [3.8, 4) is 0 Å². The Balaban J connectivity index is 2.35. The highest BCUT2D eigenvalue weighted by atomic mass is 35.5. The molecule has 2 rings (SSSR count). The van der Waals surface area contributed by atoms with Gasteiger partial charge in [0.25, 0.3) is 0 Å². The van der Waals surface area contributed by atoms with Crippen molar-refractivity contribution in [2.75, 3.05) is 20.3 Å². The van der Waals surface area contributed by atoms with Gasteiger partial charge in [0.15, 0.2) is 0 Å². The van der Waals surface area contributed by atoms with E-state index in [0.29, 0.717) is 0 Å². The summed E-state index contributed by atoms with van der Waals surface area (Å²) in [6.45, 7) is 0.0191. The van der Waals surface area contributed by atoms with Crippen LogP contribution in [0.3, 0.4) is 0 Å². The highest BCUT2D eigenvalue weighted by Crippen LogP contribution is 2.27. The molecule has 0 bridgehead atoms. The van der Waals surface area contributed by atoms with Gasteiger partial charge in [-0.2, -0.15) is 4.31 Å². The first-order valence-corrected chi connectivity index (χ1v) is 7.56. The number of sulfonamides is 1. The van der Waals surface area contributed by atoms with Gasteiger partial charge in [-0.05, 0) is 12.1 Å². The number of aromatic nitrogens is 1. The lowest BCUT2D eigenvalue weighted by atomic mass is 10.1. The van der Waals surface area contributed by atoms with Gasteiger partial charge < -0.3 is 9.84 Å². The molecule has 0 aliphatic carbocycles. The molecule has 1 aliphatic rings. The predicted octanol–water partition coefficient (Wildman–Crippen LogP) is 0.455. The third-order valence-electron chi connectivity index (χ3n) is 3.22. The fourth-order valence-electron chi connectivity index (χ4n) is 2.03. The Kier molecular flexibility index (Phi) is 4.28. The quantitative estimate of drug-likeness (QED) is 0.809. The molecule has 0 radical (unpaired) electrons. The number of halogens is 1. The van der Waals surface area contributed by atoms with Gasteiger partial charge in [-0.1, -0.05) is 11.6 Å². The third kappa shape index (κ3) is 2.64. The fourth-order valence-corrected chi connectivity index (χ4v) is 3.84. The van der Waals surface area contributed by atoms with Crippen LogP contribution in [0, 0.1) is 5.92 Å². The van der Waals surface area contributed by atoms with Gasteiger partial charge in [-0.15, -0.1) is 0 Å². The van der Waals surface area contributed by atoms with Crippen molar-refractivity contribution in [2.24, 2.45) is 5.92 Å². The summed E-state index contributed by atoms with van der Waals surface area (Å²) in [6.07, 6.45) is 1.38. The second-order valence-electron chi connectivity index (χ2n) is 4.36.